The van der Waals surface area contributed by atoms with E-state index in [2.05, 4.69) is 38.1 Å². The van der Waals surface area contributed by atoms with E-state index in [0.717, 1.165) is 54.3 Å². The van der Waals surface area contributed by atoms with E-state index in [1.54, 1.807) is 0 Å². The minimum Gasteiger partial charge on any atom is -0.314 e. The number of rotatable bonds is 5. The molecule has 4 heteroatoms. The van der Waals surface area contributed by atoms with Crippen LogP contribution >= 0.6 is 14.3 Å². The predicted molar refractivity (Wildman–Crippen MR) is 167 cm³/mol. The third-order valence-corrected chi connectivity index (χ3v) is 13.9. The largest absolute Gasteiger partial charge is 0.314 e. The van der Waals surface area contributed by atoms with Gasteiger partial charge in [0.2, 0.25) is 0 Å². The van der Waals surface area contributed by atoms with E-state index in [1.165, 1.54) is 0 Å². The Morgan fingerprint density at radius 2 is 0.949 bits per heavy atom. The summed E-state index contributed by atoms with van der Waals surface area (Å²) < 4.78 is 29.1. The van der Waals surface area contributed by atoms with E-state index in [-0.39, 0.29) is 5.41 Å². The fourth-order valence-corrected chi connectivity index (χ4v) is 10.3. The molecule has 0 aliphatic heterocycles. The molecule has 1 aliphatic rings. The van der Waals surface area contributed by atoms with Gasteiger partial charge in [0.15, 0.2) is 7.14 Å². The second kappa shape index (κ2) is 9.34. The van der Waals surface area contributed by atoms with Gasteiger partial charge in [-0.2, -0.15) is 0 Å². The van der Waals surface area contributed by atoms with Crippen LogP contribution in [0.15, 0.2) is 121 Å². The van der Waals surface area contributed by atoms with Crippen molar-refractivity contribution in [1.29, 1.82) is 0 Å². The molecule has 0 aromatic heterocycles. The second-order valence-corrected chi connectivity index (χ2v) is 16.8. The normalized spacial score (nSPS) is 16.5. The lowest BCUT2D eigenvalue weighted by molar-refractivity contribution is 0.590. The van der Waals surface area contributed by atoms with Crippen molar-refractivity contribution < 1.29 is 9.13 Å². The molecule has 194 valence electrons. The molecule has 0 amide bonds. The molecule has 5 aromatic carbocycles. The van der Waals surface area contributed by atoms with Crippen LogP contribution in [0.3, 0.4) is 0 Å². The first-order chi connectivity index (χ1) is 18.6. The van der Waals surface area contributed by atoms with Gasteiger partial charge >= 0.3 is 0 Å². The summed E-state index contributed by atoms with van der Waals surface area (Å²) in [6.07, 6.45) is 0. The maximum atomic E-state index is 15.1. The maximum Gasteiger partial charge on any atom is 0.171 e. The smallest absolute Gasteiger partial charge is 0.171 e. The van der Waals surface area contributed by atoms with Crippen LogP contribution < -0.4 is 26.5 Å². The SMILES string of the molecule is Cc1ccc(P(=O)(c2ccccc2)c2ccc3c(c2)C(C)(C)c2cc(P(C)(=O)c4ccccc4)ccc2-3)cc1. The molecule has 0 N–H and O–H groups in total. The van der Waals surface area contributed by atoms with Crippen LogP contribution in [-0.4, -0.2) is 6.66 Å². The Kier molecular flexibility index (Phi) is 6.18. The van der Waals surface area contributed by atoms with Gasteiger partial charge in [-0.25, -0.2) is 0 Å². The van der Waals surface area contributed by atoms with Crippen LogP contribution in [0.4, 0.5) is 0 Å². The van der Waals surface area contributed by atoms with Gasteiger partial charge in [0.05, 0.1) is 0 Å². The first-order valence-corrected chi connectivity index (χ1v) is 17.2. The molecular formula is C35H32O2P2. The van der Waals surface area contributed by atoms with Gasteiger partial charge in [0, 0.05) is 31.9 Å². The molecule has 0 radical (unpaired) electrons. The number of fused-ring (bicyclic) bond motifs is 3. The summed E-state index contributed by atoms with van der Waals surface area (Å²) in [5, 5.41) is 4.23. The van der Waals surface area contributed by atoms with Crippen molar-refractivity contribution in [3.05, 3.63) is 138 Å². The van der Waals surface area contributed by atoms with Crippen LogP contribution in [0.2, 0.25) is 0 Å². The monoisotopic (exact) mass is 546 g/mol. The highest BCUT2D eigenvalue weighted by Gasteiger charge is 2.39. The molecule has 0 saturated heterocycles. The minimum atomic E-state index is -3.10. The standard InChI is InChI=1S/C35H32O2P2/c1-25-15-17-28(18-16-25)39(37,27-13-9-6-10-14-27)30-20-22-32-31-21-19-29(23-33(31)35(2,3)34(32)24-30)38(4,36)26-11-7-5-8-12-26/h5-24H,1-4H3. The van der Waals surface area contributed by atoms with E-state index in [9.17, 15) is 4.57 Å². The molecule has 6 rings (SSSR count). The molecule has 0 heterocycles. The van der Waals surface area contributed by atoms with Gasteiger partial charge in [-0.3, -0.25) is 0 Å². The summed E-state index contributed by atoms with van der Waals surface area (Å²) >= 11 is 0. The summed E-state index contributed by atoms with van der Waals surface area (Å²) in [5.74, 6) is 0. The van der Waals surface area contributed by atoms with E-state index < -0.39 is 14.3 Å². The Labute approximate surface area is 231 Å². The lowest BCUT2D eigenvalue weighted by Crippen LogP contribution is -2.26. The summed E-state index contributed by atoms with van der Waals surface area (Å²) in [6, 6.07) is 40.3. The van der Waals surface area contributed by atoms with Crippen molar-refractivity contribution >= 4 is 40.8 Å². The van der Waals surface area contributed by atoms with E-state index in [0.29, 0.717) is 0 Å². The molecule has 2 nitrogen and oxygen atoms in total. The van der Waals surface area contributed by atoms with Crippen LogP contribution in [0, 0.1) is 6.92 Å². The number of hydrogen-bond acceptors (Lipinski definition) is 2. The van der Waals surface area contributed by atoms with Gasteiger partial charge in [-0.05, 0) is 48.0 Å². The Morgan fingerprint density at radius 3 is 1.51 bits per heavy atom. The predicted octanol–water partition coefficient (Wildman–Crippen LogP) is 6.88. The zero-order valence-corrected chi connectivity index (χ0v) is 24.5. The number of aryl methyl sites for hydroxylation is 1. The topological polar surface area (TPSA) is 34.1 Å². The van der Waals surface area contributed by atoms with Crippen LogP contribution in [0.1, 0.15) is 30.5 Å². The zero-order valence-electron chi connectivity index (χ0n) is 22.8. The fraction of sp³-hybridized carbons (Fsp3) is 0.143. The summed E-state index contributed by atoms with van der Waals surface area (Å²) in [5.41, 5.74) is 5.43. The molecule has 5 aromatic rings. The molecule has 0 bridgehead atoms. The number of hydrogen-bond donors (Lipinski definition) is 0. The highest BCUT2D eigenvalue weighted by atomic mass is 31.2. The fourth-order valence-electron chi connectivity index (χ4n) is 5.88. The van der Waals surface area contributed by atoms with Crippen molar-refractivity contribution in [2.45, 2.75) is 26.2 Å². The highest BCUT2D eigenvalue weighted by molar-refractivity contribution is 7.85. The molecule has 39 heavy (non-hydrogen) atoms. The zero-order chi connectivity index (χ0) is 27.4. The second-order valence-electron chi connectivity index (χ2n) is 11.1. The maximum absolute atomic E-state index is 15.1. The van der Waals surface area contributed by atoms with Crippen LogP contribution in [0.5, 0.6) is 0 Å². The Morgan fingerprint density at radius 1 is 0.513 bits per heavy atom. The Hall–Kier alpha value is -3.44. The molecule has 2 unspecified atom stereocenters. The molecular weight excluding hydrogens is 514 g/mol. The third-order valence-electron chi connectivity index (χ3n) is 8.27. The quantitative estimate of drug-likeness (QED) is 0.225. The van der Waals surface area contributed by atoms with Gasteiger partial charge in [-0.1, -0.05) is 129 Å². The lowest BCUT2D eigenvalue weighted by atomic mass is 9.82. The summed E-state index contributed by atoms with van der Waals surface area (Å²) in [7, 11) is -5.85. The third kappa shape index (κ3) is 4.10. The molecule has 0 spiro atoms. The summed E-state index contributed by atoms with van der Waals surface area (Å²) in [6.45, 7) is 8.34. The van der Waals surface area contributed by atoms with Crippen molar-refractivity contribution in [2.75, 3.05) is 6.66 Å². The highest BCUT2D eigenvalue weighted by Crippen LogP contribution is 2.52. The first-order valence-electron chi connectivity index (χ1n) is 13.3. The van der Waals surface area contributed by atoms with E-state index >= 15 is 4.57 Å². The molecule has 0 fully saturated rings. The van der Waals surface area contributed by atoms with Crippen LogP contribution in [-0.2, 0) is 14.5 Å². The Balaban J connectivity index is 1.50. The number of benzene rings is 5. The average molecular weight is 547 g/mol. The van der Waals surface area contributed by atoms with Gasteiger partial charge in [0.1, 0.15) is 7.14 Å². The average Bonchev–Trinajstić information content (AvgIpc) is 3.19. The molecule has 0 saturated carbocycles. The van der Waals surface area contributed by atoms with Gasteiger partial charge < -0.3 is 9.13 Å². The molecule has 1 aliphatic carbocycles. The van der Waals surface area contributed by atoms with E-state index in [4.69, 9.17) is 0 Å². The van der Waals surface area contributed by atoms with Crippen molar-refractivity contribution in [2.24, 2.45) is 0 Å². The summed E-state index contributed by atoms with van der Waals surface area (Å²) in [4.78, 5) is 0. The lowest BCUT2D eigenvalue weighted by Gasteiger charge is -2.25. The van der Waals surface area contributed by atoms with E-state index in [1.807, 2.05) is 111 Å². The van der Waals surface area contributed by atoms with Crippen LogP contribution in [0.25, 0.3) is 11.1 Å². The van der Waals surface area contributed by atoms with Crippen molar-refractivity contribution in [1.82, 2.24) is 0 Å². The first kappa shape index (κ1) is 25.8. The van der Waals surface area contributed by atoms with Crippen molar-refractivity contribution in [3.8, 4) is 11.1 Å². The Bertz CT molecular complexity index is 1790. The van der Waals surface area contributed by atoms with Crippen molar-refractivity contribution in [3.63, 3.8) is 0 Å². The minimum absolute atomic E-state index is 0.331. The van der Waals surface area contributed by atoms with Gasteiger partial charge in [0.25, 0.3) is 0 Å². The molecule has 2 atom stereocenters. The van der Waals surface area contributed by atoms with Gasteiger partial charge in [-0.15, -0.1) is 0 Å².